The summed E-state index contributed by atoms with van der Waals surface area (Å²) in [7, 11) is 0. The molecule has 1 atom stereocenters. The van der Waals surface area contributed by atoms with Crippen molar-refractivity contribution < 1.29 is 23.9 Å². The minimum atomic E-state index is -1.15. The third kappa shape index (κ3) is 3.45. The number of hydrogen-bond donors (Lipinski definition) is 0. The smallest absolute Gasteiger partial charge is 0.411 e. The summed E-state index contributed by atoms with van der Waals surface area (Å²) in [5.74, 6) is -0.995. The van der Waals surface area contributed by atoms with Gasteiger partial charge in [-0.2, -0.15) is 0 Å². The fraction of sp³-hybridized carbons (Fsp3) is 0.750. The van der Waals surface area contributed by atoms with Gasteiger partial charge in [0.1, 0.15) is 5.60 Å². The molecule has 0 spiro atoms. The van der Waals surface area contributed by atoms with Gasteiger partial charge in [0.15, 0.2) is 11.8 Å². The van der Waals surface area contributed by atoms with Gasteiger partial charge in [-0.15, -0.1) is 0 Å². The van der Waals surface area contributed by atoms with Gasteiger partial charge in [0, 0.05) is 13.0 Å². The van der Waals surface area contributed by atoms with Crippen molar-refractivity contribution in [3.63, 3.8) is 0 Å². The van der Waals surface area contributed by atoms with Gasteiger partial charge in [-0.1, -0.05) is 0 Å². The van der Waals surface area contributed by atoms with Gasteiger partial charge in [0.2, 0.25) is 0 Å². The number of nitrogens with zero attached hydrogens (tertiary/aromatic N) is 1. The second kappa shape index (κ2) is 5.37. The number of hydrogen-bond acceptors (Lipinski definition) is 5. The van der Waals surface area contributed by atoms with Gasteiger partial charge >= 0.3 is 12.1 Å². The number of likely N-dealkylation sites (tertiary alicyclic amines) is 1. The molecule has 6 nitrogen and oxygen atoms in total. The largest absolute Gasteiger partial charge is 0.464 e. The van der Waals surface area contributed by atoms with Crippen molar-refractivity contribution in [2.75, 3.05) is 13.2 Å². The summed E-state index contributed by atoms with van der Waals surface area (Å²) in [6.45, 7) is 7.18. The van der Waals surface area contributed by atoms with E-state index in [9.17, 15) is 14.4 Å². The summed E-state index contributed by atoms with van der Waals surface area (Å²) in [5.41, 5.74) is -0.665. The first-order valence-corrected chi connectivity index (χ1v) is 5.95. The Morgan fingerprint density at radius 1 is 1.39 bits per heavy atom. The summed E-state index contributed by atoms with van der Waals surface area (Å²) in [5, 5.41) is 0. The molecule has 0 bridgehead atoms. The molecule has 0 aliphatic carbocycles. The number of esters is 1. The predicted molar refractivity (Wildman–Crippen MR) is 63.0 cm³/mol. The highest BCUT2D eigenvalue weighted by Crippen LogP contribution is 2.19. The van der Waals surface area contributed by atoms with Crippen LogP contribution < -0.4 is 0 Å². The van der Waals surface area contributed by atoms with Gasteiger partial charge in [-0.25, -0.2) is 9.59 Å². The van der Waals surface area contributed by atoms with Gasteiger partial charge in [-0.3, -0.25) is 9.69 Å². The van der Waals surface area contributed by atoms with Crippen LogP contribution in [0.2, 0.25) is 0 Å². The van der Waals surface area contributed by atoms with Crippen LogP contribution in [-0.2, 0) is 19.1 Å². The van der Waals surface area contributed by atoms with Crippen LogP contribution in [0, 0.1) is 0 Å². The van der Waals surface area contributed by atoms with Crippen LogP contribution in [0.4, 0.5) is 4.79 Å². The summed E-state index contributed by atoms with van der Waals surface area (Å²) in [6, 6.07) is -1.15. The lowest BCUT2D eigenvalue weighted by Gasteiger charge is -2.26. The average Bonchev–Trinajstić information content (AvgIpc) is 2.58. The Morgan fingerprint density at radius 2 is 2.00 bits per heavy atom. The molecule has 1 unspecified atom stereocenters. The standard InChI is InChI=1S/C12H19NO5/c1-5-17-10(15)9-8(14)6-7-13(9)11(16)18-12(2,3)4/h9H,5-7H2,1-4H3. The number of carbonyl (C=O) groups is 3. The van der Waals surface area contributed by atoms with Crippen molar-refractivity contribution in [2.24, 2.45) is 0 Å². The average molecular weight is 257 g/mol. The Bertz CT molecular complexity index is 358. The van der Waals surface area contributed by atoms with E-state index in [2.05, 4.69) is 0 Å². The topological polar surface area (TPSA) is 72.9 Å². The molecule has 1 aliphatic heterocycles. The molecular formula is C12H19NO5. The van der Waals surface area contributed by atoms with Crippen LogP contribution in [-0.4, -0.2) is 47.5 Å². The predicted octanol–water partition coefficient (Wildman–Crippen LogP) is 1.13. The van der Waals surface area contributed by atoms with Crippen LogP contribution in [0.15, 0.2) is 0 Å². The van der Waals surface area contributed by atoms with E-state index in [-0.39, 0.29) is 25.4 Å². The molecule has 1 heterocycles. The molecule has 0 radical (unpaired) electrons. The molecule has 0 aromatic heterocycles. The Labute approximate surface area is 106 Å². The van der Waals surface area contributed by atoms with E-state index in [1.165, 1.54) is 0 Å². The van der Waals surface area contributed by atoms with Gasteiger partial charge in [0.25, 0.3) is 0 Å². The zero-order valence-corrected chi connectivity index (χ0v) is 11.2. The minimum Gasteiger partial charge on any atom is -0.464 e. The molecule has 18 heavy (non-hydrogen) atoms. The zero-order chi connectivity index (χ0) is 13.9. The van der Waals surface area contributed by atoms with Gasteiger partial charge in [0.05, 0.1) is 6.61 Å². The van der Waals surface area contributed by atoms with Crippen molar-refractivity contribution in [3.05, 3.63) is 0 Å². The molecule has 0 aromatic carbocycles. The molecule has 1 fully saturated rings. The van der Waals surface area contributed by atoms with Crippen molar-refractivity contribution >= 4 is 17.8 Å². The Hall–Kier alpha value is -1.59. The maximum absolute atomic E-state index is 11.9. The summed E-state index contributed by atoms with van der Waals surface area (Å²) in [6.07, 6.45) is -0.505. The molecule has 1 aliphatic rings. The van der Waals surface area contributed by atoms with Crippen molar-refractivity contribution in [3.8, 4) is 0 Å². The van der Waals surface area contributed by atoms with E-state index in [0.717, 1.165) is 4.90 Å². The highest BCUT2D eigenvalue weighted by atomic mass is 16.6. The fourth-order valence-electron chi connectivity index (χ4n) is 1.67. The van der Waals surface area contributed by atoms with Crippen LogP contribution in [0.1, 0.15) is 34.1 Å². The number of ether oxygens (including phenoxy) is 2. The van der Waals surface area contributed by atoms with E-state index in [1.807, 2.05) is 0 Å². The van der Waals surface area contributed by atoms with Crippen LogP contribution >= 0.6 is 0 Å². The summed E-state index contributed by atoms with van der Waals surface area (Å²) < 4.78 is 9.95. The second-order valence-electron chi connectivity index (χ2n) is 5.04. The molecular weight excluding hydrogens is 238 g/mol. The van der Waals surface area contributed by atoms with Crippen molar-refractivity contribution in [1.29, 1.82) is 0 Å². The number of Topliss-reactive ketones (excluding diaryl/α,β-unsaturated/α-hetero) is 1. The molecule has 0 N–H and O–H groups in total. The zero-order valence-electron chi connectivity index (χ0n) is 11.2. The third-order valence-electron chi connectivity index (χ3n) is 2.35. The van der Waals surface area contributed by atoms with E-state index in [1.54, 1.807) is 27.7 Å². The molecule has 102 valence electrons. The number of ketones is 1. The number of amides is 1. The third-order valence-corrected chi connectivity index (χ3v) is 2.35. The van der Waals surface area contributed by atoms with E-state index >= 15 is 0 Å². The highest BCUT2D eigenvalue weighted by molar-refractivity contribution is 6.07. The maximum atomic E-state index is 11.9. The van der Waals surface area contributed by atoms with E-state index in [0.29, 0.717) is 0 Å². The first-order chi connectivity index (χ1) is 8.26. The lowest BCUT2D eigenvalue weighted by molar-refractivity contribution is -0.150. The first-order valence-electron chi connectivity index (χ1n) is 5.95. The first kappa shape index (κ1) is 14.5. The monoisotopic (exact) mass is 257 g/mol. The van der Waals surface area contributed by atoms with Gasteiger partial charge < -0.3 is 9.47 Å². The molecule has 1 rings (SSSR count). The lowest BCUT2D eigenvalue weighted by Crippen LogP contribution is -2.46. The second-order valence-corrected chi connectivity index (χ2v) is 5.04. The SMILES string of the molecule is CCOC(=O)C1C(=O)CCN1C(=O)OC(C)(C)C. The van der Waals surface area contributed by atoms with Crippen LogP contribution in [0.25, 0.3) is 0 Å². The van der Waals surface area contributed by atoms with Crippen LogP contribution in [0.3, 0.4) is 0 Å². The molecule has 1 amide bonds. The van der Waals surface area contributed by atoms with Crippen molar-refractivity contribution in [2.45, 2.75) is 45.8 Å². The quantitative estimate of drug-likeness (QED) is 0.547. The summed E-state index contributed by atoms with van der Waals surface area (Å²) >= 11 is 0. The van der Waals surface area contributed by atoms with E-state index in [4.69, 9.17) is 9.47 Å². The number of carbonyl (C=O) groups excluding carboxylic acids is 3. The van der Waals surface area contributed by atoms with Crippen LogP contribution in [0.5, 0.6) is 0 Å². The Morgan fingerprint density at radius 3 is 2.50 bits per heavy atom. The van der Waals surface area contributed by atoms with E-state index < -0.39 is 23.7 Å². The Balaban J connectivity index is 2.78. The lowest BCUT2D eigenvalue weighted by atomic mass is 10.2. The Kier molecular flexibility index (Phi) is 4.32. The molecule has 0 aromatic rings. The molecule has 1 saturated heterocycles. The molecule has 6 heteroatoms. The number of rotatable bonds is 2. The summed E-state index contributed by atoms with van der Waals surface area (Å²) in [4.78, 5) is 36.3. The van der Waals surface area contributed by atoms with Gasteiger partial charge in [-0.05, 0) is 27.7 Å². The minimum absolute atomic E-state index is 0.155. The molecule has 0 saturated carbocycles. The van der Waals surface area contributed by atoms with Crippen molar-refractivity contribution in [1.82, 2.24) is 4.90 Å². The maximum Gasteiger partial charge on any atom is 0.411 e. The fourth-order valence-corrected chi connectivity index (χ4v) is 1.67. The highest BCUT2D eigenvalue weighted by Gasteiger charge is 2.43. The normalized spacial score (nSPS) is 19.9.